The summed E-state index contributed by atoms with van der Waals surface area (Å²) in [6, 6.07) is 8.97. The Balaban J connectivity index is 2.08. The van der Waals surface area contributed by atoms with Crippen molar-refractivity contribution in [1.29, 1.82) is 0 Å². The summed E-state index contributed by atoms with van der Waals surface area (Å²) >= 11 is 12.2. The van der Waals surface area contributed by atoms with Gasteiger partial charge in [-0.05, 0) is 23.8 Å². The van der Waals surface area contributed by atoms with E-state index in [2.05, 4.69) is 11.1 Å². The molecule has 7 heteroatoms. The molecule has 0 saturated carbocycles. The highest BCUT2D eigenvalue weighted by Gasteiger charge is 2.32. The molecular formula is C16H10Cl2F3N2. The molecule has 0 bridgehead atoms. The number of pyridine rings is 1. The van der Waals surface area contributed by atoms with Gasteiger partial charge in [-0.3, -0.25) is 4.98 Å². The van der Waals surface area contributed by atoms with E-state index in [4.69, 9.17) is 23.2 Å². The quantitative estimate of drug-likeness (QED) is 0.609. The highest BCUT2D eigenvalue weighted by Crippen LogP contribution is 2.32. The van der Waals surface area contributed by atoms with Crippen molar-refractivity contribution in [2.75, 3.05) is 0 Å². The van der Waals surface area contributed by atoms with Gasteiger partial charge in [0.15, 0.2) is 0 Å². The van der Waals surface area contributed by atoms with Crippen LogP contribution in [0.3, 0.4) is 0 Å². The van der Waals surface area contributed by atoms with Crippen LogP contribution in [0.25, 0.3) is 10.9 Å². The molecule has 0 atom stereocenters. The molecule has 0 aliphatic carbocycles. The van der Waals surface area contributed by atoms with E-state index in [9.17, 15) is 13.2 Å². The minimum absolute atomic E-state index is 0.390. The van der Waals surface area contributed by atoms with Crippen LogP contribution in [0.2, 0.25) is 10.0 Å². The first kappa shape index (κ1) is 16.1. The van der Waals surface area contributed by atoms with E-state index in [1.807, 2.05) is 0 Å². The second kappa shape index (κ2) is 5.73. The van der Waals surface area contributed by atoms with Gasteiger partial charge >= 0.3 is 6.18 Å². The average molecular weight is 358 g/mol. The van der Waals surface area contributed by atoms with E-state index in [-0.39, 0.29) is 0 Å². The van der Waals surface area contributed by atoms with Crippen molar-refractivity contribution in [2.24, 2.45) is 7.05 Å². The summed E-state index contributed by atoms with van der Waals surface area (Å²) in [5, 5.41) is 1.52. The Kier molecular flexibility index (Phi) is 4.02. The Hall–Kier alpha value is -1.72. The molecule has 0 saturated heterocycles. The third-order valence-electron chi connectivity index (χ3n) is 3.67. The van der Waals surface area contributed by atoms with E-state index in [0.29, 0.717) is 32.9 Å². The summed E-state index contributed by atoms with van der Waals surface area (Å²) in [7, 11) is 1.70. The summed E-state index contributed by atoms with van der Waals surface area (Å²) < 4.78 is 40.1. The predicted octanol–water partition coefficient (Wildman–Crippen LogP) is 5.29. The second-order valence-electron chi connectivity index (χ2n) is 5.12. The molecule has 0 amide bonds. The fourth-order valence-corrected chi connectivity index (χ4v) is 2.94. The molecule has 119 valence electrons. The third-order valence-corrected chi connectivity index (χ3v) is 4.36. The summed E-state index contributed by atoms with van der Waals surface area (Å²) in [6.45, 7) is 0. The highest BCUT2D eigenvalue weighted by atomic mass is 35.5. The lowest BCUT2D eigenvalue weighted by molar-refractivity contribution is -0.141. The van der Waals surface area contributed by atoms with Gasteiger partial charge in [-0.25, -0.2) is 0 Å². The zero-order chi connectivity index (χ0) is 16.8. The van der Waals surface area contributed by atoms with Gasteiger partial charge in [-0.2, -0.15) is 13.2 Å². The highest BCUT2D eigenvalue weighted by molar-refractivity contribution is 6.35. The van der Waals surface area contributed by atoms with Crippen LogP contribution in [-0.2, 0) is 19.6 Å². The number of aromatic nitrogens is 2. The van der Waals surface area contributed by atoms with Crippen LogP contribution >= 0.6 is 23.2 Å². The first-order chi connectivity index (χ1) is 10.8. The normalized spacial score (nSPS) is 12.1. The maximum atomic E-state index is 12.8. The Bertz CT molecular complexity index is 865. The molecule has 1 radical (unpaired) electrons. The first-order valence-corrected chi connectivity index (χ1v) is 7.39. The van der Waals surface area contributed by atoms with Gasteiger partial charge in [-0.1, -0.05) is 29.3 Å². The number of nitrogens with zero attached hydrogens (tertiary/aromatic N) is 2. The van der Waals surface area contributed by atoms with Gasteiger partial charge in [0.1, 0.15) is 5.69 Å². The first-order valence-electron chi connectivity index (χ1n) is 6.63. The molecule has 0 spiro atoms. The van der Waals surface area contributed by atoms with Crippen molar-refractivity contribution in [3.63, 3.8) is 0 Å². The van der Waals surface area contributed by atoms with Crippen LogP contribution < -0.4 is 0 Å². The minimum Gasteiger partial charge on any atom is -0.347 e. The van der Waals surface area contributed by atoms with Gasteiger partial charge in [0.25, 0.3) is 0 Å². The lowest BCUT2D eigenvalue weighted by atomic mass is 10.1. The molecule has 1 aromatic carbocycles. The van der Waals surface area contributed by atoms with Crippen molar-refractivity contribution < 1.29 is 13.2 Å². The Morgan fingerprint density at radius 3 is 2.65 bits per heavy atom. The molecule has 0 fully saturated rings. The lowest BCUT2D eigenvalue weighted by Gasteiger charge is -2.09. The van der Waals surface area contributed by atoms with Gasteiger partial charge in [0.05, 0.1) is 10.5 Å². The van der Waals surface area contributed by atoms with Crippen LogP contribution in [0, 0.1) is 6.07 Å². The molecule has 2 heterocycles. The van der Waals surface area contributed by atoms with Crippen LogP contribution in [0.5, 0.6) is 0 Å². The molecule has 0 aliphatic rings. The fourth-order valence-electron chi connectivity index (χ4n) is 2.44. The molecule has 23 heavy (non-hydrogen) atoms. The monoisotopic (exact) mass is 357 g/mol. The topological polar surface area (TPSA) is 17.8 Å². The summed E-state index contributed by atoms with van der Waals surface area (Å²) in [6.07, 6.45) is -2.86. The van der Waals surface area contributed by atoms with Gasteiger partial charge < -0.3 is 4.57 Å². The number of halogens is 5. The smallest absolute Gasteiger partial charge is 0.347 e. The number of hydrogen-bond acceptors (Lipinski definition) is 1. The van der Waals surface area contributed by atoms with E-state index < -0.39 is 11.9 Å². The molecule has 2 aromatic heterocycles. The zero-order valence-electron chi connectivity index (χ0n) is 11.9. The molecule has 3 rings (SSSR count). The van der Waals surface area contributed by atoms with Crippen molar-refractivity contribution in [3.8, 4) is 0 Å². The Morgan fingerprint density at radius 2 is 2.00 bits per heavy atom. The molecular weight excluding hydrogens is 348 g/mol. The van der Waals surface area contributed by atoms with Crippen LogP contribution in [-0.4, -0.2) is 9.55 Å². The number of aryl methyl sites for hydroxylation is 1. The second-order valence-corrected chi connectivity index (χ2v) is 5.90. The number of hydrogen-bond donors (Lipinski definition) is 0. The van der Waals surface area contributed by atoms with E-state index in [1.165, 1.54) is 6.20 Å². The molecule has 0 aliphatic heterocycles. The largest absolute Gasteiger partial charge is 0.433 e. The minimum atomic E-state index is -4.47. The number of benzene rings is 1. The number of fused-ring (bicyclic) bond motifs is 1. The number of alkyl halides is 3. The summed E-state index contributed by atoms with van der Waals surface area (Å²) in [4.78, 5) is 3.48. The standard InChI is InChI=1S/C16H10Cl2F3N2/c1-23-10(6-11-12(17)3-2-4-13(11)18)5-9-8-22-15(7-14(9)23)16(19,20)21/h2-3,5,7-8H,6H2,1H3. The van der Waals surface area contributed by atoms with E-state index in [1.54, 1.807) is 29.8 Å². The van der Waals surface area contributed by atoms with Gasteiger partial charge in [-0.15, -0.1) is 0 Å². The van der Waals surface area contributed by atoms with Crippen LogP contribution in [0.15, 0.2) is 30.5 Å². The summed E-state index contributed by atoms with van der Waals surface area (Å²) in [5.41, 5.74) is 1.01. The Morgan fingerprint density at radius 1 is 1.26 bits per heavy atom. The van der Waals surface area contributed by atoms with Gasteiger partial charge in [0, 0.05) is 41.8 Å². The SMILES string of the molecule is Cn1c(Cc2c(Cl)[c]ccc2Cl)cc2cnc(C(F)(F)F)cc21. The van der Waals surface area contributed by atoms with Gasteiger partial charge in [0.2, 0.25) is 0 Å². The van der Waals surface area contributed by atoms with Crippen molar-refractivity contribution in [3.05, 3.63) is 63.5 Å². The summed E-state index contributed by atoms with van der Waals surface area (Å²) in [5.74, 6) is 0. The van der Waals surface area contributed by atoms with E-state index in [0.717, 1.165) is 11.8 Å². The molecule has 0 N–H and O–H groups in total. The number of rotatable bonds is 2. The van der Waals surface area contributed by atoms with Crippen molar-refractivity contribution in [1.82, 2.24) is 9.55 Å². The third kappa shape index (κ3) is 3.03. The zero-order valence-corrected chi connectivity index (χ0v) is 13.4. The van der Waals surface area contributed by atoms with Crippen LogP contribution in [0.1, 0.15) is 17.0 Å². The maximum Gasteiger partial charge on any atom is 0.433 e. The predicted molar refractivity (Wildman–Crippen MR) is 83.8 cm³/mol. The van der Waals surface area contributed by atoms with Crippen molar-refractivity contribution >= 4 is 34.1 Å². The average Bonchev–Trinajstić information content (AvgIpc) is 2.78. The maximum absolute atomic E-state index is 12.8. The van der Waals surface area contributed by atoms with E-state index >= 15 is 0 Å². The Labute approximate surface area is 140 Å². The molecule has 3 aromatic rings. The molecule has 2 nitrogen and oxygen atoms in total. The van der Waals surface area contributed by atoms with Crippen molar-refractivity contribution in [2.45, 2.75) is 12.6 Å². The molecule has 0 unspecified atom stereocenters. The van der Waals surface area contributed by atoms with Crippen LogP contribution in [0.4, 0.5) is 13.2 Å². The lowest BCUT2D eigenvalue weighted by Crippen LogP contribution is -2.07. The fraction of sp³-hybridized carbons (Fsp3) is 0.188.